The molecular weight excluding hydrogens is 370 g/mol. The fourth-order valence-corrected chi connectivity index (χ4v) is 3.96. The van der Waals surface area contributed by atoms with E-state index in [4.69, 9.17) is 4.74 Å². The zero-order valence-electron chi connectivity index (χ0n) is 20.1. The van der Waals surface area contributed by atoms with E-state index in [1.54, 1.807) is 0 Å². The summed E-state index contributed by atoms with van der Waals surface area (Å²) in [6.45, 7) is 6.79. The Bertz CT molecular complexity index is 536. The zero-order valence-corrected chi connectivity index (χ0v) is 20.1. The highest BCUT2D eigenvalue weighted by molar-refractivity contribution is 5.86. The SMILES string of the molecule is CCCCCCCCCCCCCCCCCCOC(=O)Nc1c(C)cccc1C. The van der Waals surface area contributed by atoms with Crippen LogP contribution in [0.15, 0.2) is 18.2 Å². The van der Waals surface area contributed by atoms with Crippen molar-refractivity contribution in [2.24, 2.45) is 0 Å². The smallest absolute Gasteiger partial charge is 0.411 e. The lowest BCUT2D eigenvalue weighted by atomic mass is 10.0. The molecule has 0 saturated heterocycles. The molecule has 0 saturated carbocycles. The fourth-order valence-electron chi connectivity index (χ4n) is 3.96. The van der Waals surface area contributed by atoms with Gasteiger partial charge in [0.2, 0.25) is 0 Å². The molecule has 0 aromatic heterocycles. The number of hydrogen-bond donors (Lipinski definition) is 1. The first kappa shape index (κ1) is 26.5. The Labute approximate surface area is 186 Å². The van der Waals surface area contributed by atoms with Crippen LogP contribution in [0, 0.1) is 13.8 Å². The second-order valence-electron chi connectivity index (χ2n) is 8.83. The quantitative estimate of drug-likeness (QED) is 0.242. The molecule has 0 unspecified atom stereocenters. The lowest BCUT2D eigenvalue weighted by Gasteiger charge is -2.11. The van der Waals surface area contributed by atoms with Crippen LogP contribution in [0.4, 0.5) is 10.5 Å². The number of nitrogens with one attached hydrogen (secondary N) is 1. The van der Waals surface area contributed by atoms with Crippen molar-refractivity contribution in [1.82, 2.24) is 0 Å². The van der Waals surface area contributed by atoms with Gasteiger partial charge in [-0.25, -0.2) is 4.79 Å². The summed E-state index contributed by atoms with van der Waals surface area (Å²) in [6.07, 6.45) is 21.2. The third-order valence-corrected chi connectivity index (χ3v) is 5.94. The molecule has 0 spiro atoms. The summed E-state index contributed by atoms with van der Waals surface area (Å²) < 4.78 is 5.33. The highest BCUT2D eigenvalue weighted by Gasteiger charge is 2.07. The first-order valence-electron chi connectivity index (χ1n) is 12.6. The van der Waals surface area contributed by atoms with Crippen molar-refractivity contribution >= 4 is 11.8 Å². The predicted octanol–water partition coefficient (Wildman–Crippen LogP) is 9.11. The highest BCUT2D eigenvalue weighted by atomic mass is 16.5. The van der Waals surface area contributed by atoms with Gasteiger partial charge in [0.25, 0.3) is 0 Å². The summed E-state index contributed by atoms with van der Waals surface area (Å²) in [7, 11) is 0. The van der Waals surface area contributed by atoms with Crippen molar-refractivity contribution in [3.8, 4) is 0 Å². The number of para-hydroxylation sites is 1. The van der Waals surface area contributed by atoms with E-state index in [9.17, 15) is 4.79 Å². The first-order valence-corrected chi connectivity index (χ1v) is 12.6. The van der Waals surface area contributed by atoms with Gasteiger partial charge in [0.15, 0.2) is 0 Å². The van der Waals surface area contributed by atoms with Gasteiger partial charge in [0.05, 0.1) is 6.61 Å². The molecule has 0 heterocycles. The molecule has 0 aliphatic carbocycles. The standard InChI is InChI=1S/C27H47NO2/c1-4-5-6-7-8-9-10-11-12-13-14-15-16-17-18-19-23-30-27(29)28-26-24(2)21-20-22-25(26)3/h20-22H,4-19,23H2,1-3H3,(H,28,29). The summed E-state index contributed by atoms with van der Waals surface area (Å²) in [5.74, 6) is 0. The molecule has 172 valence electrons. The largest absolute Gasteiger partial charge is 0.449 e. The van der Waals surface area contributed by atoms with Gasteiger partial charge in [-0.3, -0.25) is 5.32 Å². The van der Waals surface area contributed by atoms with Crippen LogP contribution in [-0.4, -0.2) is 12.7 Å². The van der Waals surface area contributed by atoms with E-state index in [-0.39, 0.29) is 6.09 Å². The molecule has 1 N–H and O–H groups in total. The van der Waals surface area contributed by atoms with E-state index in [2.05, 4.69) is 12.2 Å². The molecular formula is C27H47NO2. The van der Waals surface area contributed by atoms with Gasteiger partial charge in [-0.15, -0.1) is 0 Å². The van der Waals surface area contributed by atoms with Crippen molar-refractivity contribution in [3.63, 3.8) is 0 Å². The molecule has 3 heteroatoms. The summed E-state index contributed by atoms with van der Waals surface area (Å²) in [4.78, 5) is 11.9. The molecule has 0 atom stereocenters. The number of amides is 1. The number of anilines is 1. The van der Waals surface area contributed by atoms with Crippen LogP contribution >= 0.6 is 0 Å². The van der Waals surface area contributed by atoms with Gasteiger partial charge in [-0.2, -0.15) is 0 Å². The minimum absolute atomic E-state index is 0.339. The fraction of sp³-hybridized carbons (Fsp3) is 0.741. The maximum absolute atomic E-state index is 11.9. The number of carbonyl (C=O) groups is 1. The number of hydrogen-bond acceptors (Lipinski definition) is 2. The van der Waals surface area contributed by atoms with E-state index in [1.165, 1.54) is 89.9 Å². The molecule has 0 fully saturated rings. The molecule has 0 bridgehead atoms. The molecule has 0 aliphatic heterocycles. The van der Waals surface area contributed by atoms with Gasteiger partial charge in [-0.05, 0) is 31.4 Å². The second kappa shape index (κ2) is 18.3. The Balaban J connectivity index is 1.84. The van der Waals surface area contributed by atoms with Crippen LogP contribution in [0.5, 0.6) is 0 Å². The third-order valence-electron chi connectivity index (χ3n) is 5.94. The van der Waals surface area contributed by atoms with E-state index in [0.29, 0.717) is 6.61 Å². The second-order valence-corrected chi connectivity index (χ2v) is 8.83. The predicted molar refractivity (Wildman–Crippen MR) is 130 cm³/mol. The normalized spacial score (nSPS) is 10.9. The molecule has 1 aromatic rings. The van der Waals surface area contributed by atoms with Crippen LogP contribution < -0.4 is 5.32 Å². The minimum atomic E-state index is -0.339. The van der Waals surface area contributed by atoms with Crippen LogP contribution in [0.1, 0.15) is 121 Å². The van der Waals surface area contributed by atoms with Crippen molar-refractivity contribution in [3.05, 3.63) is 29.3 Å². The van der Waals surface area contributed by atoms with Crippen molar-refractivity contribution < 1.29 is 9.53 Å². The number of rotatable bonds is 18. The number of unbranched alkanes of at least 4 members (excludes halogenated alkanes) is 15. The Morgan fingerprint density at radius 3 is 1.53 bits per heavy atom. The zero-order chi connectivity index (χ0) is 21.9. The molecule has 0 aliphatic rings. The average Bonchev–Trinajstić information content (AvgIpc) is 2.73. The molecule has 3 nitrogen and oxygen atoms in total. The topological polar surface area (TPSA) is 38.3 Å². The summed E-state index contributed by atoms with van der Waals surface area (Å²) in [6, 6.07) is 5.99. The maximum Gasteiger partial charge on any atom is 0.411 e. The Morgan fingerprint density at radius 1 is 0.700 bits per heavy atom. The van der Waals surface area contributed by atoms with Crippen molar-refractivity contribution in [2.45, 2.75) is 124 Å². The highest BCUT2D eigenvalue weighted by Crippen LogP contribution is 2.19. The summed E-state index contributed by atoms with van der Waals surface area (Å²) in [5, 5.41) is 2.87. The number of aryl methyl sites for hydroxylation is 2. The monoisotopic (exact) mass is 417 g/mol. The van der Waals surface area contributed by atoms with Gasteiger partial charge < -0.3 is 4.74 Å². The lowest BCUT2D eigenvalue weighted by Crippen LogP contribution is -2.15. The summed E-state index contributed by atoms with van der Waals surface area (Å²) >= 11 is 0. The van der Waals surface area contributed by atoms with Gasteiger partial charge in [-0.1, -0.05) is 121 Å². The van der Waals surface area contributed by atoms with E-state index < -0.39 is 0 Å². The number of carbonyl (C=O) groups excluding carboxylic acids is 1. The summed E-state index contributed by atoms with van der Waals surface area (Å²) in [5.41, 5.74) is 3.00. The molecule has 1 rings (SSSR count). The average molecular weight is 418 g/mol. The number of benzene rings is 1. The first-order chi connectivity index (χ1) is 14.6. The van der Waals surface area contributed by atoms with Gasteiger partial charge in [0, 0.05) is 5.69 Å². The van der Waals surface area contributed by atoms with E-state index in [0.717, 1.165) is 29.7 Å². The van der Waals surface area contributed by atoms with Gasteiger partial charge in [0.1, 0.15) is 0 Å². The van der Waals surface area contributed by atoms with Gasteiger partial charge >= 0.3 is 6.09 Å². The van der Waals surface area contributed by atoms with E-state index in [1.807, 2.05) is 32.0 Å². The molecule has 0 radical (unpaired) electrons. The molecule has 30 heavy (non-hydrogen) atoms. The Morgan fingerprint density at radius 2 is 1.10 bits per heavy atom. The maximum atomic E-state index is 11.9. The van der Waals surface area contributed by atoms with Crippen LogP contribution in [0.25, 0.3) is 0 Å². The Hall–Kier alpha value is -1.51. The van der Waals surface area contributed by atoms with Crippen LogP contribution in [0.3, 0.4) is 0 Å². The number of ether oxygens (including phenoxy) is 1. The van der Waals surface area contributed by atoms with Crippen molar-refractivity contribution in [1.29, 1.82) is 0 Å². The third kappa shape index (κ3) is 13.7. The molecule has 1 amide bonds. The van der Waals surface area contributed by atoms with E-state index >= 15 is 0 Å². The van der Waals surface area contributed by atoms with Crippen LogP contribution in [0.2, 0.25) is 0 Å². The Kier molecular flexibility index (Phi) is 16.2. The van der Waals surface area contributed by atoms with Crippen LogP contribution in [-0.2, 0) is 4.74 Å². The van der Waals surface area contributed by atoms with Crippen molar-refractivity contribution in [2.75, 3.05) is 11.9 Å². The lowest BCUT2D eigenvalue weighted by molar-refractivity contribution is 0.159. The minimum Gasteiger partial charge on any atom is -0.449 e. The molecule has 1 aromatic carbocycles.